The van der Waals surface area contributed by atoms with Crippen molar-refractivity contribution in [1.82, 2.24) is 5.16 Å². The van der Waals surface area contributed by atoms with Crippen molar-refractivity contribution in [2.75, 3.05) is 0 Å². The van der Waals surface area contributed by atoms with Crippen LogP contribution in [0.4, 0.5) is 0 Å². The number of hydrogen-bond acceptors (Lipinski definition) is 5. The molecule has 0 atom stereocenters. The molecule has 0 radical (unpaired) electrons. The summed E-state index contributed by atoms with van der Waals surface area (Å²) in [6.45, 7) is 4.20. The fourth-order valence-corrected chi connectivity index (χ4v) is 2.52. The molecule has 2 aromatic carbocycles. The molecule has 1 aromatic heterocycles. The van der Waals surface area contributed by atoms with Gasteiger partial charge in [0.2, 0.25) is 0 Å². The summed E-state index contributed by atoms with van der Waals surface area (Å²) in [5, 5.41) is 4.54. The number of nitrogens with zero attached hydrogens (tertiary/aromatic N) is 1. The summed E-state index contributed by atoms with van der Waals surface area (Å²) in [4.78, 5) is 12.2. The van der Waals surface area contributed by atoms with Crippen LogP contribution >= 0.6 is 11.6 Å². The number of carbonyl (C=O) groups excluding carboxylic acids is 1. The van der Waals surface area contributed by atoms with Crippen LogP contribution in [0.15, 0.2) is 53.1 Å². The van der Waals surface area contributed by atoms with Crippen LogP contribution in [-0.4, -0.2) is 11.1 Å². The molecule has 0 aliphatic carbocycles. The molecule has 0 aliphatic rings. The van der Waals surface area contributed by atoms with Gasteiger partial charge in [-0.1, -0.05) is 35.0 Å². The van der Waals surface area contributed by atoms with Gasteiger partial charge in [-0.2, -0.15) is 0 Å². The molecule has 0 saturated carbocycles. The fraction of sp³-hybridized carbons (Fsp3) is 0.200. The molecule has 0 N–H and O–H groups in total. The second-order valence-electron chi connectivity index (χ2n) is 5.82. The van der Waals surface area contributed by atoms with Gasteiger partial charge in [-0.05, 0) is 49.7 Å². The number of aromatic nitrogens is 1. The van der Waals surface area contributed by atoms with Gasteiger partial charge in [0, 0.05) is 5.02 Å². The molecule has 1 heterocycles. The molecule has 134 valence electrons. The van der Waals surface area contributed by atoms with E-state index in [1.54, 1.807) is 36.4 Å². The van der Waals surface area contributed by atoms with Gasteiger partial charge in [0.25, 0.3) is 0 Å². The van der Waals surface area contributed by atoms with Crippen molar-refractivity contribution in [2.24, 2.45) is 0 Å². The van der Waals surface area contributed by atoms with Gasteiger partial charge in [-0.25, -0.2) is 4.79 Å². The quantitative estimate of drug-likeness (QED) is 0.578. The molecule has 0 bridgehead atoms. The predicted octanol–water partition coefficient (Wildman–Crippen LogP) is 4.88. The lowest BCUT2D eigenvalue weighted by atomic mass is 10.2. The van der Waals surface area contributed by atoms with E-state index < -0.39 is 5.97 Å². The summed E-state index contributed by atoms with van der Waals surface area (Å²) in [7, 11) is 0. The maximum atomic E-state index is 12.2. The summed E-state index contributed by atoms with van der Waals surface area (Å²) in [5.74, 6) is 0.884. The second-order valence-corrected chi connectivity index (χ2v) is 6.26. The fourth-order valence-electron chi connectivity index (χ4n) is 2.39. The Bertz CT molecular complexity index is 883. The highest BCUT2D eigenvalue weighted by atomic mass is 35.5. The smallest absolute Gasteiger partial charge is 0.338 e. The van der Waals surface area contributed by atoms with Crippen LogP contribution in [0, 0.1) is 13.8 Å². The lowest BCUT2D eigenvalue weighted by molar-refractivity contribution is 0.0472. The topological polar surface area (TPSA) is 61.6 Å². The van der Waals surface area contributed by atoms with Gasteiger partial charge in [0.1, 0.15) is 24.7 Å². The van der Waals surface area contributed by atoms with Crippen molar-refractivity contribution in [3.8, 4) is 5.75 Å². The Labute approximate surface area is 156 Å². The summed E-state index contributed by atoms with van der Waals surface area (Å²) in [5.41, 5.74) is 2.99. The van der Waals surface area contributed by atoms with Gasteiger partial charge in [0.15, 0.2) is 0 Å². The Kier molecular flexibility index (Phi) is 5.58. The van der Waals surface area contributed by atoms with Crippen LogP contribution in [0.1, 0.15) is 32.9 Å². The summed E-state index contributed by atoms with van der Waals surface area (Å²) in [6.07, 6.45) is 0. The van der Waals surface area contributed by atoms with Crippen LogP contribution in [0.5, 0.6) is 5.75 Å². The third-order valence-corrected chi connectivity index (χ3v) is 4.17. The van der Waals surface area contributed by atoms with E-state index in [1.165, 1.54) is 0 Å². The first-order valence-corrected chi connectivity index (χ1v) is 8.47. The zero-order chi connectivity index (χ0) is 18.5. The molecular formula is C20H18ClNO4. The first-order chi connectivity index (χ1) is 12.5. The van der Waals surface area contributed by atoms with E-state index in [4.69, 9.17) is 25.6 Å². The molecule has 5 nitrogen and oxygen atoms in total. The van der Waals surface area contributed by atoms with Gasteiger partial charge in [-0.3, -0.25) is 0 Å². The number of esters is 1. The molecular weight excluding hydrogens is 354 g/mol. The Morgan fingerprint density at radius 2 is 1.88 bits per heavy atom. The SMILES string of the molecule is Cc1noc(C)c1COc1cccc(C(=O)OCc2ccc(Cl)cc2)c1. The van der Waals surface area contributed by atoms with E-state index in [-0.39, 0.29) is 6.61 Å². The van der Waals surface area contributed by atoms with E-state index in [2.05, 4.69) is 5.16 Å². The monoisotopic (exact) mass is 371 g/mol. The molecule has 3 aromatic rings. The Morgan fingerprint density at radius 1 is 1.12 bits per heavy atom. The molecule has 0 unspecified atom stereocenters. The van der Waals surface area contributed by atoms with Crippen LogP contribution in [0.3, 0.4) is 0 Å². The minimum Gasteiger partial charge on any atom is -0.489 e. The number of aryl methyl sites for hydroxylation is 2. The van der Waals surface area contributed by atoms with Crippen molar-refractivity contribution in [3.05, 3.63) is 81.7 Å². The molecule has 0 amide bonds. The first-order valence-electron chi connectivity index (χ1n) is 8.09. The number of ether oxygens (including phenoxy) is 2. The first kappa shape index (κ1) is 18.0. The molecule has 0 saturated heterocycles. The van der Waals surface area contributed by atoms with Gasteiger partial charge in [-0.15, -0.1) is 0 Å². The third-order valence-electron chi connectivity index (χ3n) is 3.92. The van der Waals surface area contributed by atoms with E-state index in [0.29, 0.717) is 22.9 Å². The van der Waals surface area contributed by atoms with Crippen molar-refractivity contribution in [1.29, 1.82) is 0 Å². The van der Waals surface area contributed by atoms with E-state index >= 15 is 0 Å². The second kappa shape index (κ2) is 8.06. The Hall–Kier alpha value is -2.79. The minimum atomic E-state index is -0.414. The van der Waals surface area contributed by atoms with Crippen LogP contribution in [0.25, 0.3) is 0 Å². The van der Waals surface area contributed by atoms with Crippen LogP contribution in [0.2, 0.25) is 5.02 Å². The maximum Gasteiger partial charge on any atom is 0.338 e. The highest BCUT2D eigenvalue weighted by Crippen LogP contribution is 2.19. The zero-order valence-electron chi connectivity index (χ0n) is 14.5. The normalized spacial score (nSPS) is 10.6. The maximum absolute atomic E-state index is 12.2. The van der Waals surface area contributed by atoms with Crippen LogP contribution < -0.4 is 4.74 Å². The number of halogens is 1. The molecule has 0 spiro atoms. The molecule has 26 heavy (non-hydrogen) atoms. The summed E-state index contributed by atoms with van der Waals surface area (Å²) < 4.78 is 16.2. The number of rotatable bonds is 6. The van der Waals surface area contributed by atoms with Crippen molar-refractivity contribution >= 4 is 17.6 Å². The minimum absolute atomic E-state index is 0.181. The Morgan fingerprint density at radius 3 is 2.58 bits per heavy atom. The van der Waals surface area contributed by atoms with Crippen molar-refractivity contribution in [3.63, 3.8) is 0 Å². The molecule has 6 heteroatoms. The average Bonchev–Trinajstić information content (AvgIpc) is 2.97. The van der Waals surface area contributed by atoms with Crippen LogP contribution in [-0.2, 0) is 18.0 Å². The summed E-state index contributed by atoms with van der Waals surface area (Å²) in [6, 6.07) is 14.0. The zero-order valence-corrected chi connectivity index (χ0v) is 15.2. The molecule has 3 rings (SSSR count). The molecule has 0 aliphatic heterocycles. The highest BCUT2D eigenvalue weighted by molar-refractivity contribution is 6.30. The largest absolute Gasteiger partial charge is 0.489 e. The third kappa shape index (κ3) is 4.43. The van der Waals surface area contributed by atoms with Gasteiger partial charge in [0.05, 0.1) is 16.8 Å². The predicted molar refractivity (Wildman–Crippen MR) is 97.3 cm³/mol. The van der Waals surface area contributed by atoms with E-state index in [1.807, 2.05) is 26.0 Å². The lowest BCUT2D eigenvalue weighted by Crippen LogP contribution is -2.06. The number of hydrogen-bond donors (Lipinski definition) is 0. The van der Waals surface area contributed by atoms with Gasteiger partial charge >= 0.3 is 5.97 Å². The summed E-state index contributed by atoms with van der Waals surface area (Å²) >= 11 is 5.84. The number of benzene rings is 2. The van der Waals surface area contributed by atoms with E-state index in [0.717, 1.165) is 22.6 Å². The van der Waals surface area contributed by atoms with Crippen molar-refractivity contribution < 1.29 is 18.8 Å². The Balaban J connectivity index is 1.61. The van der Waals surface area contributed by atoms with E-state index in [9.17, 15) is 4.79 Å². The standard InChI is InChI=1S/C20H18ClNO4/c1-13-19(14(2)26-22-13)12-24-18-5-3-4-16(10-18)20(23)25-11-15-6-8-17(21)9-7-15/h3-10H,11-12H2,1-2H3. The number of carbonyl (C=O) groups is 1. The average molecular weight is 372 g/mol. The van der Waals surface area contributed by atoms with Gasteiger partial charge < -0.3 is 14.0 Å². The molecule has 0 fully saturated rings. The lowest BCUT2D eigenvalue weighted by Gasteiger charge is -2.08. The van der Waals surface area contributed by atoms with Crippen molar-refractivity contribution in [2.45, 2.75) is 27.1 Å². The highest BCUT2D eigenvalue weighted by Gasteiger charge is 2.12.